The molecule has 0 saturated carbocycles. The lowest BCUT2D eigenvalue weighted by Gasteiger charge is -2.11. The number of ether oxygens (including phenoxy) is 2. The van der Waals surface area contributed by atoms with Crippen molar-refractivity contribution in [3.05, 3.63) is 59.7 Å². The molecular weight excluding hydrogens is 292 g/mol. The summed E-state index contributed by atoms with van der Waals surface area (Å²) in [6.45, 7) is 3.32. The van der Waals surface area contributed by atoms with E-state index in [2.05, 4.69) is 10.6 Å². The summed E-state index contributed by atoms with van der Waals surface area (Å²) in [5.74, 6) is 1.34. The van der Waals surface area contributed by atoms with E-state index >= 15 is 0 Å². The van der Waals surface area contributed by atoms with Crippen molar-refractivity contribution in [2.24, 2.45) is 0 Å². The summed E-state index contributed by atoms with van der Waals surface area (Å²) >= 11 is 0. The number of carbonyl (C=O) groups excluding carboxylic acids is 1. The van der Waals surface area contributed by atoms with E-state index < -0.39 is 0 Å². The number of para-hydroxylation sites is 2. The van der Waals surface area contributed by atoms with Crippen molar-refractivity contribution in [3.63, 3.8) is 0 Å². The number of amides is 2. The van der Waals surface area contributed by atoms with Crippen LogP contribution in [0.2, 0.25) is 0 Å². The summed E-state index contributed by atoms with van der Waals surface area (Å²) < 4.78 is 10.8. The minimum absolute atomic E-state index is 0.213. The number of nitrogens with one attached hydrogen (secondary N) is 2. The van der Waals surface area contributed by atoms with Crippen molar-refractivity contribution < 1.29 is 14.3 Å². The average molecular weight is 314 g/mol. The van der Waals surface area contributed by atoms with Gasteiger partial charge in [-0.1, -0.05) is 42.0 Å². The molecule has 5 nitrogen and oxygen atoms in total. The van der Waals surface area contributed by atoms with Crippen LogP contribution in [-0.4, -0.2) is 26.3 Å². The standard InChI is InChI=1S/C18H22N2O3/c1-14-6-5-7-15(12-14)13-20-18(21)19-10-11-23-17-9-4-3-8-16(17)22-2/h3-9,12H,10-11,13H2,1-2H3,(H2,19,20,21). The zero-order chi connectivity index (χ0) is 16.5. The number of hydrogen-bond donors (Lipinski definition) is 2. The Bertz CT molecular complexity index is 644. The normalized spacial score (nSPS) is 10.0. The summed E-state index contributed by atoms with van der Waals surface area (Å²) in [6.07, 6.45) is 0. The molecule has 2 aromatic rings. The van der Waals surface area contributed by atoms with Gasteiger partial charge in [0, 0.05) is 6.54 Å². The van der Waals surface area contributed by atoms with Gasteiger partial charge in [0.05, 0.1) is 13.7 Å². The maximum Gasteiger partial charge on any atom is 0.315 e. The lowest BCUT2D eigenvalue weighted by Crippen LogP contribution is -2.37. The Morgan fingerprint density at radius 3 is 2.57 bits per heavy atom. The number of carbonyl (C=O) groups is 1. The van der Waals surface area contributed by atoms with E-state index in [9.17, 15) is 4.79 Å². The smallest absolute Gasteiger partial charge is 0.315 e. The summed E-state index contributed by atoms with van der Waals surface area (Å²) in [7, 11) is 1.60. The Balaban J connectivity index is 1.67. The predicted molar refractivity (Wildman–Crippen MR) is 89.9 cm³/mol. The van der Waals surface area contributed by atoms with Crippen molar-refractivity contribution in [1.29, 1.82) is 0 Å². The van der Waals surface area contributed by atoms with E-state index in [1.807, 2.05) is 55.5 Å². The molecule has 2 rings (SSSR count). The molecule has 23 heavy (non-hydrogen) atoms. The highest BCUT2D eigenvalue weighted by Gasteiger charge is 2.03. The van der Waals surface area contributed by atoms with Gasteiger partial charge in [-0.25, -0.2) is 4.79 Å². The molecule has 2 amide bonds. The molecular formula is C18H22N2O3. The van der Waals surface area contributed by atoms with E-state index in [-0.39, 0.29) is 6.03 Å². The van der Waals surface area contributed by atoms with Crippen molar-refractivity contribution in [2.75, 3.05) is 20.3 Å². The number of methoxy groups -OCH3 is 1. The van der Waals surface area contributed by atoms with Crippen LogP contribution in [0.3, 0.4) is 0 Å². The number of rotatable bonds is 7. The largest absolute Gasteiger partial charge is 0.493 e. The van der Waals surface area contributed by atoms with E-state index in [0.29, 0.717) is 31.2 Å². The van der Waals surface area contributed by atoms with Gasteiger partial charge in [-0.05, 0) is 24.6 Å². The number of benzene rings is 2. The van der Waals surface area contributed by atoms with Gasteiger partial charge in [0.25, 0.3) is 0 Å². The molecule has 0 aliphatic heterocycles. The van der Waals surface area contributed by atoms with Crippen molar-refractivity contribution in [1.82, 2.24) is 10.6 Å². The highest BCUT2D eigenvalue weighted by Crippen LogP contribution is 2.25. The van der Waals surface area contributed by atoms with Crippen LogP contribution in [0.4, 0.5) is 4.79 Å². The molecule has 122 valence electrons. The average Bonchev–Trinajstić information content (AvgIpc) is 2.57. The first-order valence-corrected chi connectivity index (χ1v) is 7.52. The fourth-order valence-electron chi connectivity index (χ4n) is 2.13. The molecule has 0 atom stereocenters. The molecule has 0 radical (unpaired) electrons. The van der Waals surface area contributed by atoms with Gasteiger partial charge in [-0.15, -0.1) is 0 Å². The predicted octanol–water partition coefficient (Wildman–Crippen LogP) is 2.88. The van der Waals surface area contributed by atoms with Crippen LogP contribution in [0.25, 0.3) is 0 Å². The molecule has 0 bridgehead atoms. The molecule has 0 saturated heterocycles. The third kappa shape index (κ3) is 5.54. The van der Waals surface area contributed by atoms with Crippen LogP contribution in [0.15, 0.2) is 48.5 Å². The van der Waals surface area contributed by atoms with Crippen LogP contribution < -0.4 is 20.1 Å². The quantitative estimate of drug-likeness (QED) is 0.773. The van der Waals surface area contributed by atoms with Crippen LogP contribution in [0.5, 0.6) is 11.5 Å². The van der Waals surface area contributed by atoms with Gasteiger partial charge < -0.3 is 20.1 Å². The molecule has 5 heteroatoms. The second kappa shape index (κ2) is 8.68. The molecule has 2 aromatic carbocycles. The maximum absolute atomic E-state index is 11.7. The first kappa shape index (κ1) is 16.7. The summed E-state index contributed by atoms with van der Waals surface area (Å²) in [5, 5.41) is 5.58. The third-order valence-electron chi connectivity index (χ3n) is 3.25. The van der Waals surface area contributed by atoms with Gasteiger partial charge >= 0.3 is 6.03 Å². The highest BCUT2D eigenvalue weighted by atomic mass is 16.5. The van der Waals surface area contributed by atoms with Crippen molar-refractivity contribution in [2.45, 2.75) is 13.5 Å². The molecule has 0 fully saturated rings. The Hall–Kier alpha value is -2.69. The lowest BCUT2D eigenvalue weighted by molar-refractivity contribution is 0.235. The molecule has 0 spiro atoms. The monoisotopic (exact) mass is 314 g/mol. The molecule has 0 aromatic heterocycles. The highest BCUT2D eigenvalue weighted by molar-refractivity contribution is 5.73. The van der Waals surface area contributed by atoms with Gasteiger partial charge in [0.2, 0.25) is 0 Å². The van der Waals surface area contributed by atoms with E-state index in [1.54, 1.807) is 7.11 Å². The fourth-order valence-corrected chi connectivity index (χ4v) is 2.13. The molecule has 0 aliphatic carbocycles. The first-order valence-electron chi connectivity index (χ1n) is 7.52. The van der Waals surface area contributed by atoms with Gasteiger partial charge in [-0.3, -0.25) is 0 Å². The van der Waals surface area contributed by atoms with E-state index in [1.165, 1.54) is 5.56 Å². The Morgan fingerprint density at radius 2 is 1.83 bits per heavy atom. The van der Waals surface area contributed by atoms with Gasteiger partial charge in [-0.2, -0.15) is 0 Å². The minimum Gasteiger partial charge on any atom is -0.493 e. The second-order valence-corrected chi connectivity index (χ2v) is 5.10. The molecule has 0 aliphatic rings. The summed E-state index contributed by atoms with van der Waals surface area (Å²) in [6, 6.07) is 15.2. The van der Waals surface area contributed by atoms with E-state index in [0.717, 1.165) is 5.56 Å². The topological polar surface area (TPSA) is 59.6 Å². The SMILES string of the molecule is COc1ccccc1OCCNC(=O)NCc1cccc(C)c1. The molecule has 2 N–H and O–H groups in total. The summed E-state index contributed by atoms with van der Waals surface area (Å²) in [5.41, 5.74) is 2.25. The van der Waals surface area contributed by atoms with Gasteiger partial charge in [0.15, 0.2) is 11.5 Å². The molecule has 0 unspecified atom stereocenters. The fraction of sp³-hybridized carbons (Fsp3) is 0.278. The number of urea groups is 1. The van der Waals surface area contributed by atoms with Crippen molar-refractivity contribution >= 4 is 6.03 Å². The Kier molecular flexibility index (Phi) is 6.29. The number of aryl methyl sites for hydroxylation is 1. The minimum atomic E-state index is -0.213. The molecule has 0 heterocycles. The van der Waals surface area contributed by atoms with Crippen LogP contribution in [-0.2, 0) is 6.54 Å². The first-order chi connectivity index (χ1) is 11.2. The van der Waals surface area contributed by atoms with Crippen LogP contribution in [0.1, 0.15) is 11.1 Å². The summed E-state index contributed by atoms with van der Waals surface area (Å²) in [4.78, 5) is 11.7. The van der Waals surface area contributed by atoms with Crippen molar-refractivity contribution in [3.8, 4) is 11.5 Å². The van der Waals surface area contributed by atoms with Crippen LogP contribution >= 0.6 is 0 Å². The third-order valence-corrected chi connectivity index (χ3v) is 3.25. The number of hydrogen-bond acceptors (Lipinski definition) is 3. The second-order valence-electron chi connectivity index (χ2n) is 5.10. The zero-order valence-electron chi connectivity index (χ0n) is 13.5. The zero-order valence-corrected chi connectivity index (χ0v) is 13.5. The van der Waals surface area contributed by atoms with Gasteiger partial charge in [0.1, 0.15) is 6.61 Å². The Labute approximate surface area is 136 Å². The van der Waals surface area contributed by atoms with E-state index in [4.69, 9.17) is 9.47 Å². The lowest BCUT2D eigenvalue weighted by atomic mass is 10.1. The maximum atomic E-state index is 11.7. The Morgan fingerprint density at radius 1 is 1.04 bits per heavy atom. The van der Waals surface area contributed by atoms with Crippen LogP contribution in [0, 0.1) is 6.92 Å².